The maximum atomic E-state index is 12.6. The first-order valence-corrected chi connectivity index (χ1v) is 5.69. The predicted octanol–water partition coefficient (Wildman–Crippen LogP) is 1.72. The highest BCUT2D eigenvalue weighted by Gasteiger charge is 2.25. The van der Waals surface area contributed by atoms with E-state index in [1.165, 1.54) is 20.8 Å². The molecule has 0 bridgehead atoms. The number of anilines is 2. The summed E-state index contributed by atoms with van der Waals surface area (Å²) < 4.78 is 94.8. The van der Waals surface area contributed by atoms with Crippen LogP contribution in [-0.2, 0) is 4.74 Å². The molecule has 0 aliphatic carbocycles. The fraction of sp³-hybridized carbons (Fsp3) is 0.571. The van der Waals surface area contributed by atoms with Crippen LogP contribution in [0.15, 0.2) is 18.3 Å². The minimum atomic E-state index is -3.56. The van der Waals surface area contributed by atoms with E-state index in [1.54, 1.807) is 0 Å². The quantitative estimate of drug-likeness (QED) is 0.852. The van der Waals surface area contributed by atoms with Crippen molar-refractivity contribution in [1.82, 2.24) is 9.88 Å². The van der Waals surface area contributed by atoms with Gasteiger partial charge in [0.25, 0.3) is 0 Å². The number of carbonyl (C=O) groups excluding carboxylic acids is 1. The van der Waals surface area contributed by atoms with E-state index in [0.717, 1.165) is 0 Å². The predicted molar refractivity (Wildman–Crippen MR) is 78.7 cm³/mol. The molecule has 110 valence electrons. The third-order valence-corrected chi connectivity index (χ3v) is 1.94. The number of ether oxygens (including phenoxy) is 1. The van der Waals surface area contributed by atoms with Crippen LogP contribution in [0.3, 0.4) is 0 Å². The number of pyridine rings is 1. The Morgan fingerprint density at radius 1 is 1.40 bits per heavy atom. The Bertz CT molecular complexity index is 889. The number of nitrogens with zero attached hydrogens (tertiary/aromatic N) is 3. The highest BCUT2D eigenvalue weighted by Crippen LogP contribution is 2.17. The largest absolute Gasteiger partial charge is 0.444 e. The zero-order valence-electron chi connectivity index (χ0n) is 22.2. The summed E-state index contributed by atoms with van der Waals surface area (Å²) in [6.07, 6.45) is -2.62. The van der Waals surface area contributed by atoms with Crippen molar-refractivity contribution in [3.8, 4) is 0 Å². The van der Waals surface area contributed by atoms with E-state index >= 15 is 0 Å². The van der Waals surface area contributed by atoms with Gasteiger partial charge in [0.15, 0.2) is 0 Å². The van der Waals surface area contributed by atoms with E-state index in [2.05, 4.69) is 4.98 Å². The van der Waals surface area contributed by atoms with Gasteiger partial charge in [-0.25, -0.2) is 9.78 Å². The van der Waals surface area contributed by atoms with Crippen LogP contribution in [0.1, 0.15) is 35.8 Å². The fourth-order valence-corrected chi connectivity index (χ4v) is 1.16. The van der Waals surface area contributed by atoms with Gasteiger partial charge in [-0.3, -0.25) is 0 Å². The van der Waals surface area contributed by atoms with Crippen molar-refractivity contribution >= 4 is 17.6 Å². The molecule has 1 aromatic heterocycles. The minimum absolute atomic E-state index is 0.115. The van der Waals surface area contributed by atoms with Crippen LogP contribution in [0.4, 0.5) is 16.3 Å². The normalized spacial score (nSPS) is 34.2. The number of amides is 1. The van der Waals surface area contributed by atoms with Crippen molar-refractivity contribution in [1.29, 1.82) is 0 Å². The van der Waals surface area contributed by atoms with Crippen molar-refractivity contribution < 1.29 is 24.6 Å². The first kappa shape index (κ1) is 5.79. The number of hydrogen-bond acceptors (Lipinski definition) is 5. The van der Waals surface area contributed by atoms with Gasteiger partial charge in [-0.15, -0.1) is 0 Å². The molecular formula is C14H22N4O2. The van der Waals surface area contributed by atoms with E-state index in [4.69, 9.17) is 25.5 Å². The van der Waals surface area contributed by atoms with Crippen LogP contribution in [0, 0.1) is 0 Å². The van der Waals surface area contributed by atoms with Crippen LogP contribution in [0.25, 0.3) is 0 Å². The summed E-state index contributed by atoms with van der Waals surface area (Å²) in [5, 5.41) is 0. The number of piperazine rings is 1. The molecule has 0 unspecified atom stereocenters. The molecule has 1 aromatic rings. The number of nitrogens with two attached hydrogens (primary N) is 1. The van der Waals surface area contributed by atoms with Gasteiger partial charge in [-0.1, -0.05) is 0 Å². The van der Waals surface area contributed by atoms with Crippen molar-refractivity contribution in [3.05, 3.63) is 18.3 Å². The second-order valence-electron chi connectivity index (χ2n) is 4.81. The van der Waals surface area contributed by atoms with Crippen LogP contribution in [0.5, 0.6) is 0 Å². The van der Waals surface area contributed by atoms with Gasteiger partial charge >= 0.3 is 6.09 Å². The van der Waals surface area contributed by atoms with Crippen molar-refractivity contribution in [2.45, 2.75) is 26.4 Å². The summed E-state index contributed by atoms with van der Waals surface area (Å²) in [4.78, 5) is 15.7. The molecule has 1 saturated heterocycles. The number of aromatic nitrogens is 1. The second kappa shape index (κ2) is 5.56. The van der Waals surface area contributed by atoms with Crippen LogP contribution in [0.2, 0.25) is 0 Å². The van der Waals surface area contributed by atoms with E-state index in [9.17, 15) is 4.79 Å². The van der Waals surface area contributed by atoms with Crippen LogP contribution in [-0.4, -0.2) is 47.6 Å². The monoisotopic (exact) mass is 289 g/mol. The molecular weight excluding hydrogens is 256 g/mol. The summed E-state index contributed by atoms with van der Waals surface area (Å²) in [7, 11) is 0. The standard InChI is InChI=1S/C14H22N4O2/c1-14(2,3)20-13(19)18-8-6-17(7-9-18)11-4-5-12(15)16-10-11/h4-5,10H,6-9H2,1-3H3,(H2,15,16)/i4D,5D,6D2,7D2,8D2,9D2,10D. The van der Waals surface area contributed by atoms with E-state index in [0.29, 0.717) is 0 Å². The van der Waals surface area contributed by atoms with Crippen molar-refractivity contribution in [2.24, 2.45) is 0 Å². The van der Waals surface area contributed by atoms with Gasteiger partial charge in [0.05, 0.1) is 26.9 Å². The Kier molecular flexibility index (Phi) is 1.61. The molecule has 2 N–H and O–H groups in total. The Morgan fingerprint density at radius 2 is 2.05 bits per heavy atom. The molecule has 6 heteroatoms. The highest BCUT2D eigenvalue weighted by atomic mass is 16.6. The topological polar surface area (TPSA) is 71.7 Å². The average Bonchev–Trinajstić information content (AvgIpc) is 2.52. The number of carbonyl (C=O) groups is 1. The molecule has 0 spiro atoms. The Morgan fingerprint density at radius 3 is 2.65 bits per heavy atom. The van der Waals surface area contributed by atoms with Gasteiger partial charge in [-0.2, -0.15) is 0 Å². The molecule has 0 aromatic carbocycles. The Balaban J connectivity index is 2.84. The Labute approximate surface area is 135 Å². The maximum Gasteiger partial charge on any atom is 0.410 e. The minimum Gasteiger partial charge on any atom is -0.444 e. The molecule has 0 atom stereocenters. The SMILES string of the molecule is [2H]c1nc(N)c([2H])c([2H])c1N1C([2H])([2H])C([2H])([2H])N(C(=O)OC(C)(C)C)C([2H])([2H])C1([2H])[2H]. The van der Waals surface area contributed by atoms with E-state index in [1.807, 2.05) is 0 Å². The number of nitrogen functional groups attached to an aromatic ring is 1. The number of hydrogen-bond donors (Lipinski definition) is 1. The molecule has 6 nitrogen and oxygen atoms in total. The molecule has 0 saturated carbocycles. The fourth-order valence-electron chi connectivity index (χ4n) is 1.16. The third kappa shape index (κ3) is 3.76. The summed E-state index contributed by atoms with van der Waals surface area (Å²) in [6.45, 7) is -10.00. The first-order valence-electron chi connectivity index (χ1n) is 11.2. The van der Waals surface area contributed by atoms with E-state index in [-0.39, 0.29) is 9.80 Å². The highest BCUT2D eigenvalue weighted by molar-refractivity contribution is 5.68. The summed E-state index contributed by atoms with van der Waals surface area (Å²) in [5.41, 5.74) is 3.19. The lowest BCUT2D eigenvalue weighted by molar-refractivity contribution is 0.0240. The zero-order valence-corrected chi connectivity index (χ0v) is 11.2. The van der Waals surface area contributed by atoms with Gasteiger partial charge in [0, 0.05) is 26.0 Å². The van der Waals surface area contributed by atoms with Crippen molar-refractivity contribution in [3.63, 3.8) is 0 Å². The molecule has 20 heavy (non-hydrogen) atoms. The Hall–Kier alpha value is -1.98. The second-order valence-corrected chi connectivity index (χ2v) is 4.81. The average molecular weight is 289 g/mol. The molecule has 1 fully saturated rings. The van der Waals surface area contributed by atoms with Gasteiger partial charge in [-0.05, 0) is 32.9 Å². The molecule has 1 aliphatic heterocycles. The van der Waals surface area contributed by atoms with Crippen LogP contribution >= 0.6 is 0 Å². The molecule has 2 rings (SSSR count). The molecule has 0 radical (unpaired) electrons. The third-order valence-electron chi connectivity index (χ3n) is 1.94. The van der Waals surface area contributed by atoms with Crippen LogP contribution < -0.4 is 10.6 Å². The van der Waals surface area contributed by atoms with Gasteiger partial charge in [0.2, 0.25) is 0 Å². The summed E-state index contributed by atoms with van der Waals surface area (Å²) in [6, 6.07) is -1.74. The molecule has 2 heterocycles. The lowest BCUT2D eigenvalue weighted by Crippen LogP contribution is -2.50. The lowest BCUT2D eigenvalue weighted by atomic mass is 10.2. The van der Waals surface area contributed by atoms with E-state index < -0.39 is 67.4 Å². The lowest BCUT2D eigenvalue weighted by Gasteiger charge is -2.36. The zero-order chi connectivity index (χ0) is 24.5. The van der Waals surface area contributed by atoms with Crippen molar-refractivity contribution in [2.75, 3.05) is 36.6 Å². The van der Waals surface area contributed by atoms with Gasteiger partial charge < -0.3 is 20.3 Å². The molecule has 1 aliphatic rings. The molecule has 1 amide bonds. The maximum absolute atomic E-state index is 12.6. The summed E-state index contributed by atoms with van der Waals surface area (Å²) >= 11 is 0. The van der Waals surface area contributed by atoms with Gasteiger partial charge in [0.1, 0.15) is 11.4 Å². The number of rotatable bonds is 1. The first-order chi connectivity index (χ1) is 13.6. The summed E-state index contributed by atoms with van der Waals surface area (Å²) in [5.74, 6) is -0.571. The smallest absolute Gasteiger partial charge is 0.410 e.